The Morgan fingerprint density at radius 2 is 1.20 bits per heavy atom. The fourth-order valence-corrected chi connectivity index (χ4v) is 2.46. The van der Waals surface area contributed by atoms with E-state index in [4.69, 9.17) is 0 Å². The zero-order valence-electron chi connectivity index (χ0n) is 12.6. The second-order valence-corrected chi connectivity index (χ2v) is 6.07. The zero-order valence-corrected chi connectivity index (χ0v) is 13.4. The van der Waals surface area contributed by atoms with Crippen molar-refractivity contribution in [1.29, 1.82) is 0 Å². The van der Waals surface area contributed by atoms with Gasteiger partial charge in [0.2, 0.25) is 0 Å². The first-order chi connectivity index (χ1) is 11.8. The summed E-state index contributed by atoms with van der Waals surface area (Å²) in [5, 5.41) is 21.3. The molecule has 0 heterocycles. The average molecular weight is 368 g/mol. The van der Waals surface area contributed by atoms with Gasteiger partial charge in [-0.05, 0) is 11.1 Å². The van der Waals surface area contributed by atoms with Crippen LogP contribution >= 0.6 is 0 Å². The lowest BCUT2D eigenvalue weighted by molar-refractivity contribution is -0.385. The van der Waals surface area contributed by atoms with Crippen LogP contribution in [0.1, 0.15) is 11.1 Å². The van der Waals surface area contributed by atoms with Crippen molar-refractivity contribution in [3.05, 3.63) is 79.9 Å². The van der Waals surface area contributed by atoms with E-state index >= 15 is 0 Å². The summed E-state index contributed by atoms with van der Waals surface area (Å²) < 4.78 is 32.7. The highest BCUT2D eigenvalue weighted by atomic mass is 32.3. The summed E-state index contributed by atoms with van der Waals surface area (Å²) in [6, 6.07) is 10.6. The van der Waals surface area contributed by atoms with Crippen LogP contribution in [-0.4, -0.2) is 18.3 Å². The molecule has 0 radical (unpaired) electrons. The van der Waals surface area contributed by atoms with Gasteiger partial charge in [-0.15, -0.1) is 0 Å². The summed E-state index contributed by atoms with van der Waals surface area (Å²) in [5.74, 6) is 0. The highest BCUT2D eigenvalue weighted by Gasteiger charge is 2.15. The largest absolute Gasteiger partial charge is 0.400 e. The normalized spacial score (nSPS) is 11.2. The summed E-state index contributed by atoms with van der Waals surface area (Å²) in [4.78, 5) is 20.1. The molecular weight excluding hydrogens is 356 g/mol. The molecule has 0 aromatic heterocycles. The molecule has 0 saturated carbocycles. The molecule has 2 aromatic carbocycles. The lowest BCUT2D eigenvalue weighted by Gasteiger charge is -2.06. The SMILES string of the molecule is O=[N+]([O-])c1cccc(COS(=O)(=O)OCc2cccc([N+](=O)[O-])c2)c1. The van der Waals surface area contributed by atoms with Crippen LogP contribution < -0.4 is 0 Å². The minimum Gasteiger partial charge on any atom is -0.258 e. The third kappa shape index (κ3) is 5.60. The summed E-state index contributed by atoms with van der Waals surface area (Å²) >= 11 is 0. The smallest absolute Gasteiger partial charge is 0.258 e. The molecule has 0 atom stereocenters. The Labute approximate surface area is 142 Å². The molecule has 0 aliphatic heterocycles. The van der Waals surface area contributed by atoms with E-state index in [9.17, 15) is 28.6 Å². The van der Waals surface area contributed by atoms with Crippen molar-refractivity contribution in [2.45, 2.75) is 13.2 Å². The van der Waals surface area contributed by atoms with Crippen molar-refractivity contribution in [2.24, 2.45) is 0 Å². The van der Waals surface area contributed by atoms with Gasteiger partial charge < -0.3 is 0 Å². The Bertz CT molecular complexity index is 830. The molecule has 0 aliphatic rings. The first-order valence-electron chi connectivity index (χ1n) is 6.77. The van der Waals surface area contributed by atoms with Crippen LogP contribution in [0.5, 0.6) is 0 Å². The van der Waals surface area contributed by atoms with Gasteiger partial charge in [0.1, 0.15) is 0 Å². The summed E-state index contributed by atoms with van der Waals surface area (Å²) in [6.07, 6.45) is 0. The van der Waals surface area contributed by atoms with E-state index in [1.807, 2.05) is 0 Å². The van der Waals surface area contributed by atoms with Crippen molar-refractivity contribution in [2.75, 3.05) is 0 Å². The van der Waals surface area contributed by atoms with E-state index < -0.39 is 33.5 Å². The maximum absolute atomic E-state index is 11.7. The number of nitro benzene ring substituents is 2. The molecule has 0 unspecified atom stereocenters. The van der Waals surface area contributed by atoms with Crippen LogP contribution in [0.4, 0.5) is 11.4 Å². The lowest BCUT2D eigenvalue weighted by atomic mass is 10.2. The zero-order chi connectivity index (χ0) is 18.4. The number of nitro groups is 2. The number of rotatable bonds is 8. The second kappa shape index (κ2) is 7.79. The van der Waals surface area contributed by atoms with Gasteiger partial charge in [-0.3, -0.25) is 20.2 Å². The Hall–Kier alpha value is -2.89. The predicted octanol–water partition coefficient (Wildman–Crippen LogP) is 2.48. The van der Waals surface area contributed by atoms with E-state index in [2.05, 4.69) is 8.37 Å². The molecular formula is C14H12N2O8S. The van der Waals surface area contributed by atoms with Gasteiger partial charge in [0.25, 0.3) is 11.4 Å². The fraction of sp³-hybridized carbons (Fsp3) is 0.143. The van der Waals surface area contributed by atoms with Crippen molar-refractivity contribution in [3.8, 4) is 0 Å². The van der Waals surface area contributed by atoms with Gasteiger partial charge in [0.15, 0.2) is 0 Å². The van der Waals surface area contributed by atoms with E-state index in [1.54, 1.807) is 0 Å². The second-order valence-electron chi connectivity index (χ2n) is 4.79. The lowest BCUT2D eigenvalue weighted by Crippen LogP contribution is -2.10. The van der Waals surface area contributed by atoms with Gasteiger partial charge >= 0.3 is 10.4 Å². The molecule has 0 aliphatic carbocycles. The molecule has 11 heteroatoms. The molecule has 0 saturated heterocycles. The maximum Gasteiger partial charge on any atom is 0.400 e. The van der Waals surface area contributed by atoms with E-state index in [0.717, 1.165) is 0 Å². The predicted molar refractivity (Wildman–Crippen MR) is 84.7 cm³/mol. The van der Waals surface area contributed by atoms with E-state index in [1.165, 1.54) is 48.5 Å². The van der Waals surface area contributed by atoms with Crippen molar-refractivity contribution in [1.82, 2.24) is 0 Å². The summed E-state index contributed by atoms with van der Waals surface area (Å²) in [6.45, 7) is -0.891. The molecule has 0 fully saturated rings. The molecule has 0 bridgehead atoms. The topological polar surface area (TPSA) is 139 Å². The van der Waals surface area contributed by atoms with Crippen LogP contribution in [0.15, 0.2) is 48.5 Å². The van der Waals surface area contributed by atoms with Crippen LogP contribution in [0.2, 0.25) is 0 Å². The van der Waals surface area contributed by atoms with E-state index in [0.29, 0.717) is 0 Å². The average Bonchev–Trinajstić information content (AvgIpc) is 2.59. The first kappa shape index (κ1) is 18.4. The third-order valence-corrected chi connectivity index (χ3v) is 3.80. The van der Waals surface area contributed by atoms with Crippen LogP contribution in [0, 0.1) is 20.2 Å². The molecule has 0 spiro atoms. The fourth-order valence-electron chi connectivity index (χ4n) is 1.83. The molecule has 132 valence electrons. The molecule has 25 heavy (non-hydrogen) atoms. The number of hydrogen-bond acceptors (Lipinski definition) is 8. The van der Waals surface area contributed by atoms with Gasteiger partial charge in [0, 0.05) is 24.3 Å². The Kier molecular flexibility index (Phi) is 5.75. The van der Waals surface area contributed by atoms with Gasteiger partial charge in [0.05, 0.1) is 23.1 Å². The van der Waals surface area contributed by atoms with Crippen molar-refractivity contribution in [3.63, 3.8) is 0 Å². The minimum absolute atomic E-state index is 0.198. The number of non-ortho nitro benzene ring substituents is 2. The van der Waals surface area contributed by atoms with Crippen LogP contribution in [0.3, 0.4) is 0 Å². The molecule has 0 N–H and O–H groups in total. The minimum atomic E-state index is -4.38. The highest BCUT2D eigenvalue weighted by Crippen LogP contribution is 2.17. The maximum atomic E-state index is 11.7. The van der Waals surface area contributed by atoms with Gasteiger partial charge in [-0.25, -0.2) is 8.37 Å². The van der Waals surface area contributed by atoms with Crippen molar-refractivity contribution < 1.29 is 26.6 Å². The molecule has 10 nitrogen and oxygen atoms in total. The molecule has 2 rings (SSSR count). The summed E-state index contributed by atoms with van der Waals surface area (Å²) in [7, 11) is -4.38. The van der Waals surface area contributed by atoms with Crippen molar-refractivity contribution >= 4 is 21.8 Å². The van der Waals surface area contributed by atoms with Crippen LogP contribution in [-0.2, 0) is 32.0 Å². The first-order valence-corrected chi connectivity index (χ1v) is 8.10. The quantitative estimate of drug-likeness (QED) is 0.511. The van der Waals surface area contributed by atoms with Crippen LogP contribution in [0.25, 0.3) is 0 Å². The van der Waals surface area contributed by atoms with E-state index in [-0.39, 0.29) is 22.5 Å². The molecule has 0 amide bonds. The van der Waals surface area contributed by atoms with Gasteiger partial charge in [-0.1, -0.05) is 24.3 Å². The standard InChI is InChI=1S/C14H12N2O8S/c17-15(18)13-5-1-3-11(7-13)9-23-25(21,22)24-10-12-4-2-6-14(8-12)16(19)20/h1-8H,9-10H2. The third-order valence-electron chi connectivity index (χ3n) is 2.98. The summed E-state index contributed by atoms with van der Waals surface area (Å²) in [5.41, 5.74) is 0.153. The Morgan fingerprint density at radius 3 is 1.56 bits per heavy atom. The Balaban J connectivity index is 1.96. The number of nitrogens with zero attached hydrogens (tertiary/aromatic N) is 2. The Morgan fingerprint density at radius 1 is 0.800 bits per heavy atom. The highest BCUT2D eigenvalue weighted by molar-refractivity contribution is 7.81. The molecule has 2 aromatic rings. The number of benzene rings is 2. The van der Waals surface area contributed by atoms with Gasteiger partial charge in [-0.2, -0.15) is 8.42 Å². The number of hydrogen-bond donors (Lipinski definition) is 0. The monoisotopic (exact) mass is 368 g/mol.